The van der Waals surface area contributed by atoms with Gasteiger partial charge < -0.3 is 15.6 Å². The van der Waals surface area contributed by atoms with Gasteiger partial charge in [-0.05, 0) is 36.4 Å². The minimum absolute atomic E-state index is 0.0348. The van der Waals surface area contributed by atoms with Crippen molar-refractivity contribution >= 4 is 22.7 Å². The van der Waals surface area contributed by atoms with Crippen LogP contribution in [0.2, 0.25) is 0 Å². The van der Waals surface area contributed by atoms with E-state index in [1.165, 1.54) is 0 Å². The van der Waals surface area contributed by atoms with Crippen molar-refractivity contribution in [1.29, 1.82) is 0 Å². The van der Waals surface area contributed by atoms with Crippen molar-refractivity contribution in [2.75, 3.05) is 13.1 Å². The summed E-state index contributed by atoms with van der Waals surface area (Å²) in [5.41, 5.74) is 6.93. The van der Waals surface area contributed by atoms with Crippen LogP contribution >= 0.6 is 0 Å². The number of carbonyl (C=O) groups excluding carboxylic acids is 2. The number of amides is 2. The quantitative estimate of drug-likeness (QED) is 0.868. The van der Waals surface area contributed by atoms with Crippen molar-refractivity contribution in [2.45, 2.75) is 12.8 Å². The maximum atomic E-state index is 12.5. The number of hydrogen-bond acceptors (Lipinski definition) is 2. The molecule has 1 aromatic heterocycles. The Labute approximate surface area is 116 Å². The van der Waals surface area contributed by atoms with E-state index in [9.17, 15) is 9.59 Å². The molecule has 2 amide bonds. The largest absolute Gasteiger partial charge is 0.369 e. The highest BCUT2D eigenvalue weighted by Crippen LogP contribution is 2.20. The second kappa shape index (κ2) is 5.00. The van der Waals surface area contributed by atoms with Crippen molar-refractivity contribution < 1.29 is 9.59 Å². The Morgan fingerprint density at radius 2 is 2.15 bits per heavy atom. The number of carbonyl (C=O) groups is 2. The third-order valence-electron chi connectivity index (χ3n) is 3.91. The summed E-state index contributed by atoms with van der Waals surface area (Å²) in [5.74, 6) is -0.573. The molecule has 0 unspecified atom stereocenters. The number of aromatic nitrogens is 1. The highest BCUT2D eigenvalue weighted by Gasteiger charge is 2.27. The van der Waals surface area contributed by atoms with Crippen LogP contribution < -0.4 is 5.73 Å². The van der Waals surface area contributed by atoms with Crippen LogP contribution in [0.25, 0.3) is 10.9 Å². The fourth-order valence-electron chi connectivity index (χ4n) is 2.76. The van der Waals surface area contributed by atoms with Crippen LogP contribution in [0.3, 0.4) is 0 Å². The number of H-pyrrole nitrogens is 1. The number of piperidine rings is 1. The summed E-state index contributed by atoms with van der Waals surface area (Å²) in [5, 5.41) is 1.08. The predicted octanol–water partition coefficient (Wildman–Crippen LogP) is 1.51. The Kier molecular flexibility index (Phi) is 3.18. The molecule has 5 nitrogen and oxygen atoms in total. The Morgan fingerprint density at radius 3 is 2.95 bits per heavy atom. The zero-order valence-corrected chi connectivity index (χ0v) is 11.1. The highest BCUT2D eigenvalue weighted by molar-refractivity contribution is 5.98. The van der Waals surface area contributed by atoms with Gasteiger partial charge in [-0.2, -0.15) is 0 Å². The molecule has 0 bridgehead atoms. The van der Waals surface area contributed by atoms with Crippen molar-refractivity contribution in [3.8, 4) is 0 Å². The number of rotatable bonds is 2. The molecule has 3 rings (SSSR count). The Balaban J connectivity index is 1.82. The number of nitrogens with zero attached hydrogens (tertiary/aromatic N) is 1. The standard InChI is InChI=1S/C15H17N3O2/c16-14(19)12-2-1-7-18(9-12)15(20)11-4-3-10-5-6-17-13(10)8-11/h3-6,8,12,17H,1-2,7,9H2,(H2,16,19)/t12-/m1/s1. The first-order chi connectivity index (χ1) is 9.65. The molecule has 0 aliphatic carbocycles. The number of fused-ring (bicyclic) bond motifs is 1. The number of nitrogens with two attached hydrogens (primary N) is 1. The minimum Gasteiger partial charge on any atom is -0.369 e. The van der Waals surface area contributed by atoms with E-state index in [1.807, 2.05) is 30.5 Å². The summed E-state index contributed by atoms with van der Waals surface area (Å²) in [4.78, 5) is 28.6. The lowest BCUT2D eigenvalue weighted by Gasteiger charge is -2.31. The number of nitrogens with one attached hydrogen (secondary N) is 1. The maximum Gasteiger partial charge on any atom is 0.253 e. The zero-order valence-electron chi connectivity index (χ0n) is 11.1. The lowest BCUT2D eigenvalue weighted by Crippen LogP contribution is -2.44. The molecule has 1 aliphatic heterocycles. The van der Waals surface area contributed by atoms with Gasteiger partial charge in [-0.15, -0.1) is 0 Å². The van der Waals surface area contributed by atoms with Gasteiger partial charge in [0, 0.05) is 30.4 Å². The van der Waals surface area contributed by atoms with E-state index in [0.29, 0.717) is 18.7 Å². The van der Waals surface area contributed by atoms with E-state index in [1.54, 1.807) is 4.90 Å². The van der Waals surface area contributed by atoms with Gasteiger partial charge in [-0.25, -0.2) is 0 Å². The van der Waals surface area contributed by atoms with E-state index in [0.717, 1.165) is 23.7 Å². The molecule has 1 saturated heterocycles. The Morgan fingerprint density at radius 1 is 1.30 bits per heavy atom. The fourth-order valence-corrected chi connectivity index (χ4v) is 2.76. The summed E-state index contributed by atoms with van der Waals surface area (Å²) >= 11 is 0. The molecule has 1 fully saturated rings. The lowest BCUT2D eigenvalue weighted by atomic mass is 9.97. The minimum atomic E-state index is -0.317. The van der Waals surface area contributed by atoms with Crippen molar-refractivity contribution in [2.24, 2.45) is 11.7 Å². The van der Waals surface area contributed by atoms with Crippen LogP contribution in [0.15, 0.2) is 30.5 Å². The van der Waals surface area contributed by atoms with Crippen LogP contribution in [0, 0.1) is 5.92 Å². The SMILES string of the molecule is NC(=O)[C@@H]1CCCN(C(=O)c2ccc3cc[nH]c3c2)C1. The Bertz CT molecular complexity index is 662. The molecule has 0 radical (unpaired) electrons. The van der Waals surface area contributed by atoms with Gasteiger partial charge in [0.1, 0.15) is 0 Å². The average molecular weight is 271 g/mol. The molecule has 1 atom stereocenters. The molecule has 5 heteroatoms. The molecular formula is C15H17N3O2. The molecule has 104 valence electrons. The highest BCUT2D eigenvalue weighted by atomic mass is 16.2. The molecule has 2 aromatic rings. The molecule has 20 heavy (non-hydrogen) atoms. The molecule has 3 N–H and O–H groups in total. The van der Waals surface area contributed by atoms with E-state index < -0.39 is 0 Å². The van der Waals surface area contributed by atoms with Crippen LogP contribution in [-0.4, -0.2) is 34.8 Å². The summed E-state index contributed by atoms with van der Waals surface area (Å²) in [6.45, 7) is 1.11. The molecule has 0 saturated carbocycles. The van der Waals surface area contributed by atoms with Gasteiger partial charge in [-0.1, -0.05) is 6.07 Å². The first kappa shape index (κ1) is 12.7. The number of benzene rings is 1. The van der Waals surface area contributed by atoms with Gasteiger partial charge in [0.15, 0.2) is 0 Å². The summed E-state index contributed by atoms with van der Waals surface area (Å²) in [6, 6.07) is 7.57. The van der Waals surface area contributed by atoms with Crippen LogP contribution in [0.4, 0.5) is 0 Å². The van der Waals surface area contributed by atoms with Gasteiger partial charge >= 0.3 is 0 Å². The normalized spacial score (nSPS) is 19.2. The summed E-state index contributed by atoms with van der Waals surface area (Å²) < 4.78 is 0. The fraction of sp³-hybridized carbons (Fsp3) is 0.333. The van der Waals surface area contributed by atoms with Crippen molar-refractivity contribution in [3.63, 3.8) is 0 Å². The second-order valence-corrected chi connectivity index (χ2v) is 5.27. The molecular weight excluding hydrogens is 254 g/mol. The monoisotopic (exact) mass is 271 g/mol. The van der Waals surface area contributed by atoms with Crippen molar-refractivity contribution in [1.82, 2.24) is 9.88 Å². The van der Waals surface area contributed by atoms with E-state index in [-0.39, 0.29) is 17.7 Å². The predicted molar refractivity (Wildman–Crippen MR) is 76.1 cm³/mol. The van der Waals surface area contributed by atoms with Crippen LogP contribution in [0.5, 0.6) is 0 Å². The number of primary amides is 1. The lowest BCUT2D eigenvalue weighted by molar-refractivity contribution is -0.123. The molecule has 1 aliphatic rings. The molecule has 1 aromatic carbocycles. The molecule has 0 spiro atoms. The van der Waals surface area contributed by atoms with E-state index in [4.69, 9.17) is 5.73 Å². The van der Waals surface area contributed by atoms with E-state index >= 15 is 0 Å². The Hall–Kier alpha value is -2.30. The van der Waals surface area contributed by atoms with E-state index in [2.05, 4.69) is 4.98 Å². The topological polar surface area (TPSA) is 79.2 Å². The first-order valence-electron chi connectivity index (χ1n) is 6.81. The van der Waals surface area contributed by atoms with Gasteiger partial charge in [-0.3, -0.25) is 9.59 Å². The third-order valence-corrected chi connectivity index (χ3v) is 3.91. The maximum absolute atomic E-state index is 12.5. The van der Waals surface area contributed by atoms with Gasteiger partial charge in [0.2, 0.25) is 5.91 Å². The summed E-state index contributed by atoms with van der Waals surface area (Å²) in [6.07, 6.45) is 3.45. The second-order valence-electron chi connectivity index (χ2n) is 5.27. The van der Waals surface area contributed by atoms with Gasteiger partial charge in [0.05, 0.1) is 5.92 Å². The third kappa shape index (κ3) is 2.27. The van der Waals surface area contributed by atoms with Crippen LogP contribution in [0.1, 0.15) is 23.2 Å². The smallest absolute Gasteiger partial charge is 0.253 e. The molecule has 2 heterocycles. The van der Waals surface area contributed by atoms with Gasteiger partial charge in [0.25, 0.3) is 5.91 Å². The average Bonchev–Trinajstić information content (AvgIpc) is 2.94. The number of hydrogen-bond donors (Lipinski definition) is 2. The first-order valence-corrected chi connectivity index (χ1v) is 6.81. The number of likely N-dealkylation sites (tertiary alicyclic amines) is 1. The van der Waals surface area contributed by atoms with Crippen LogP contribution in [-0.2, 0) is 4.79 Å². The van der Waals surface area contributed by atoms with Crippen molar-refractivity contribution in [3.05, 3.63) is 36.0 Å². The summed E-state index contributed by atoms with van der Waals surface area (Å²) in [7, 11) is 0. The number of aromatic amines is 1. The zero-order chi connectivity index (χ0) is 14.1.